The van der Waals surface area contributed by atoms with E-state index in [1.165, 1.54) is 0 Å². The Morgan fingerprint density at radius 1 is 1.25 bits per heavy atom. The Kier molecular flexibility index (Phi) is 3.88. The summed E-state index contributed by atoms with van der Waals surface area (Å²) in [7, 11) is 0. The average Bonchev–Trinajstić information content (AvgIpc) is 2.55. The van der Waals surface area contributed by atoms with E-state index in [-0.39, 0.29) is 11.5 Å². The minimum absolute atomic E-state index is 0.0371. The number of Topliss-reactive ketones (excluding diaryl/α,β-unsaturated/α-hetero) is 1. The summed E-state index contributed by atoms with van der Waals surface area (Å²) in [5.74, 6) is -0.500. The van der Waals surface area contributed by atoms with Gasteiger partial charge in [0.1, 0.15) is 5.69 Å². The van der Waals surface area contributed by atoms with E-state index in [1.807, 2.05) is 13.8 Å². The maximum absolute atomic E-state index is 11.7. The van der Waals surface area contributed by atoms with E-state index in [4.69, 9.17) is 4.74 Å². The largest absolute Gasteiger partial charge is 0.461 e. The van der Waals surface area contributed by atoms with Gasteiger partial charge < -0.3 is 9.72 Å². The standard InChI is InChI=1S/C12H17NO3/c1-5-9(14)10-7(3)8(4)13-11(10)12(15)16-6-2/h13H,5-6H2,1-4H3. The molecule has 0 saturated heterocycles. The molecule has 0 aliphatic rings. The molecular formula is C12H17NO3. The highest BCUT2D eigenvalue weighted by atomic mass is 16.5. The van der Waals surface area contributed by atoms with Gasteiger partial charge >= 0.3 is 5.97 Å². The van der Waals surface area contributed by atoms with Gasteiger partial charge in [0, 0.05) is 12.1 Å². The van der Waals surface area contributed by atoms with Crippen molar-refractivity contribution in [1.82, 2.24) is 4.98 Å². The van der Waals surface area contributed by atoms with Crippen LogP contribution in [-0.2, 0) is 4.74 Å². The highest BCUT2D eigenvalue weighted by Gasteiger charge is 2.23. The first kappa shape index (κ1) is 12.5. The molecule has 1 N–H and O–H groups in total. The lowest BCUT2D eigenvalue weighted by atomic mass is 10.0. The number of carbonyl (C=O) groups is 2. The van der Waals surface area contributed by atoms with Crippen LogP contribution in [0.3, 0.4) is 0 Å². The fraction of sp³-hybridized carbons (Fsp3) is 0.500. The molecule has 0 spiro atoms. The van der Waals surface area contributed by atoms with Crippen LogP contribution in [0.25, 0.3) is 0 Å². The molecule has 0 unspecified atom stereocenters. The first-order valence-electron chi connectivity index (χ1n) is 5.42. The predicted octanol–water partition coefficient (Wildman–Crippen LogP) is 2.40. The van der Waals surface area contributed by atoms with Crippen molar-refractivity contribution in [2.75, 3.05) is 6.61 Å². The third-order valence-electron chi connectivity index (χ3n) is 2.58. The Labute approximate surface area is 95.0 Å². The predicted molar refractivity (Wildman–Crippen MR) is 60.8 cm³/mol. The summed E-state index contributed by atoms with van der Waals surface area (Å²) in [5, 5.41) is 0. The topological polar surface area (TPSA) is 59.2 Å². The quantitative estimate of drug-likeness (QED) is 0.629. The molecule has 0 saturated carbocycles. The summed E-state index contributed by atoms with van der Waals surface area (Å²) >= 11 is 0. The van der Waals surface area contributed by atoms with Crippen molar-refractivity contribution in [1.29, 1.82) is 0 Å². The minimum Gasteiger partial charge on any atom is -0.461 e. The van der Waals surface area contributed by atoms with Crippen molar-refractivity contribution in [2.24, 2.45) is 0 Å². The van der Waals surface area contributed by atoms with Crippen LogP contribution in [0.15, 0.2) is 0 Å². The summed E-state index contributed by atoms with van der Waals surface area (Å²) in [6.45, 7) is 7.48. The zero-order chi connectivity index (χ0) is 12.3. The molecule has 0 aliphatic heterocycles. The minimum atomic E-state index is -0.462. The highest BCUT2D eigenvalue weighted by molar-refractivity contribution is 6.06. The molecule has 0 aromatic carbocycles. The van der Waals surface area contributed by atoms with Crippen LogP contribution in [0.5, 0.6) is 0 Å². The normalized spacial score (nSPS) is 10.2. The molecule has 4 nitrogen and oxygen atoms in total. The van der Waals surface area contributed by atoms with E-state index >= 15 is 0 Å². The molecule has 1 aromatic heterocycles. The number of hydrogen-bond donors (Lipinski definition) is 1. The van der Waals surface area contributed by atoms with Crippen LogP contribution in [0.1, 0.15) is 52.4 Å². The van der Waals surface area contributed by atoms with Crippen molar-refractivity contribution in [2.45, 2.75) is 34.1 Å². The molecule has 0 aliphatic carbocycles. The van der Waals surface area contributed by atoms with Crippen LogP contribution in [0.2, 0.25) is 0 Å². The summed E-state index contributed by atoms with van der Waals surface area (Å²) in [6, 6.07) is 0. The molecule has 88 valence electrons. The Morgan fingerprint density at radius 2 is 1.88 bits per heavy atom. The van der Waals surface area contributed by atoms with Gasteiger partial charge in [-0.15, -0.1) is 0 Å². The number of H-pyrrole nitrogens is 1. The van der Waals surface area contributed by atoms with Crippen LogP contribution in [0, 0.1) is 13.8 Å². The monoisotopic (exact) mass is 223 g/mol. The fourth-order valence-corrected chi connectivity index (χ4v) is 1.60. The van der Waals surface area contributed by atoms with E-state index in [0.717, 1.165) is 11.3 Å². The van der Waals surface area contributed by atoms with Crippen molar-refractivity contribution in [3.8, 4) is 0 Å². The molecule has 1 rings (SSSR count). The molecule has 1 heterocycles. The first-order chi connectivity index (χ1) is 7.52. The van der Waals surface area contributed by atoms with E-state index < -0.39 is 5.97 Å². The van der Waals surface area contributed by atoms with Crippen molar-refractivity contribution in [3.63, 3.8) is 0 Å². The number of rotatable bonds is 4. The van der Waals surface area contributed by atoms with Gasteiger partial charge in [-0.1, -0.05) is 6.92 Å². The van der Waals surface area contributed by atoms with Crippen LogP contribution >= 0.6 is 0 Å². The Bertz CT molecular complexity index is 418. The Morgan fingerprint density at radius 3 is 2.38 bits per heavy atom. The van der Waals surface area contributed by atoms with Gasteiger partial charge in [-0.05, 0) is 26.3 Å². The smallest absolute Gasteiger partial charge is 0.355 e. The van der Waals surface area contributed by atoms with Gasteiger partial charge in [0.2, 0.25) is 0 Å². The molecule has 0 amide bonds. The van der Waals surface area contributed by atoms with E-state index in [2.05, 4.69) is 4.98 Å². The van der Waals surface area contributed by atoms with Gasteiger partial charge in [0.05, 0.1) is 12.2 Å². The van der Waals surface area contributed by atoms with Gasteiger partial charge in [-0.3, -0.25) is 4.79 Å². The maximum Gasteiger partial charge on any atom is 0.355 e. The van der Waals surface area contributed by atoms with Gasteiger partial charge in [-0.25, -0.2) is 4.79 Å². The Balaban J connectivity index is 3.23. The lowest BCUT2D eigenvalue weighted by Gasteiger charge is -2.02. The second-order valence-corrected chi connectivity index (χ2v) is 3.62. The molecule has 0 atom stereocenters. The number of carbonyl (C=O) groups excluding carboxylic acids is 2. The third kappa shape index (κ3) is 2.15. The van der Waals surface area contributed by atoms with E-state index in [1.54, 1.807) is 13.8 Å². The van der Waals surface area contributed by atoms with Crippen LogP contribution in [0.4, 0.5) is 0 Å². The number of ether oxygens (including phenoxy) is 1. The fourth-order valence-electron chi connectivity index (χ4n) is 1.60. The molecule has 0 fully saturated rings. The van der Waals surface area contributed by atoms with Crippen LogP contribution in [-0.4, -0.2) is 23.3 Å². The number of aryl methyl sites for hydroxylation is 1. The number of aromatic amines is 1. The molecule has 1 aromatic rings. The molecule has 4 heteroatoms. The number of nitrogens with one attached hydrogen (secondary N) is 1. The zero-order valence-electron chi connectivity index (χ0n) is 10.1. The molecular weight excluding hydrogens is 206 g/mol. The third-order valence-corrected chi connectivity index (χ3v) is 2.58. The summed E-state index contributed by atoms with van der Waals surface area (Å²) < 4.78 is 4.91. The molecule has 0 radical (unpaired) electrons. The maximum atomic E-state index is 11.7. The number of ketones is 1. The van der Waals surface area contributed by atoms with E-state index in [0.29, 0.717) is 18.6 Å². The Hall–Kier alpha value is -1.58. The zero-order valence-corrected chi connectivity index (χ0v) is 10.1. The first-order valence-corrected chi connectivity index (χ1v) is 5.42. The van der Waals surface area contributed by atoms with E-state index in [9.17, 15) is 9.59 Å². The van der Waals surface area contributed by atoms with Gasteiger partial charge in [0.15, 0.2) is 5.78 Å². The number of aromatic nitrogens is 1. The molecule has 0 bridgehead atoms. The van der Waals surface area contributed by atoms with Crippen molar-refractivity contribution >= 4 is 11.8 Å². The number of esters is 1. The summed E-state index contributed by atoms with van der Waals surface area (Å²) in [6.07, 6.45) is 0.380. The van der Waals surface area contributed by atoms with Crippen LogP contribution < -0.4 is 0 Å². The average molecular weight is 223 g/mol. The second kappa shape index (κ2) is 4.96. The summed E-state index contributed by atoms with van der Waals surface area (Å²) in [4.78, 5) is 26.3. The lowest BCUT2D eigenvalue weighted by molar-refractivity contribution is 0.0516. The number of hydrogen-bond acceptors (Lipinski definition) is 3. The van der Waals surface area contributed by atoms with Gasteiger partial charge in [0.25, 0.3) is 0 Å². The lowest BCUT2D eigenvalue weighted by Crippen LogP contribution is -2.11. The SMILES string of the molecule is CCOC(=O)c1[nH]c(C)c(C)c1C(=O)CC. The summed E-state index contributed by atoms with van der Waals surface area (Å²) in [5.41, 5.74) is 2.41. The second-order valence-electron chi connectivity index (χ2n) is 3.62. The van der Waals surface area contributed by atoms with Crippen molar-refractivity contribution in [3.05, 3.63) is 22.5 Å². The molecule has 16 heavy (non-hydrogen) atoms. The highest BCUT2D eigenvalue weighted by Crippen LogP contribution is 2.20. The van der Waals surface area contributed by atoms with Gasteiger partial charge in [-0.2, -0.15) is 0 Å². The van der Waals surface area contributed by atoms with Crippen molar-refractivity contribution < 1.29 is 14.3 Å².